The van der Waals surface area contributed by atoms with Crippen molar-refractivity contribution >= 4 is 32.8 Å². The van der Waals surface area contributed by atoms with Gasteiger partial charge >= 0.3 is 0 Å². The van der Waals surface area contributed by atoms with Gasteiger partial charge in [0.05, 0.1) is 17.6 Å². The van der Waals surface area contributed by atoms with Crippen LogP contribution in [-0.4, -0.2) is 20.0 Å². The van der Waals surface area contributed by atoms with Gasteiger partial charge in [-0.15, -0.1) is 0 Å². The summed E-state index contributed by atoms with van der Waals surface area (Å²) in [5.41, 5.74) is 9.12. The highest BCUT2D eigenvalue weighted by Gasteiger charge is 2.31. The molecule has 1 saturated carbocycles. The Morgan fingerprint density at radius 3 is 2.90 bits per heavy atom. The number of aromatic amines is 1. The van der Waals surface area contributed by atoms with Gasteiger partial charge in [-0.2, -0.15) is 10.2 Å². The number of aromatic nitrogens is 4. The first kappa shape index (κ1) is 12.0. The van der Waals surface area contributed by atoms with Crippen molar-refractivity contribution in [2.45, 2.75) is 25.3 Å². The molecule has 2 aromatic heterocycles. The Bertz CT molecular complexity index is 784. The van der Waals surface area contributed by atoms with Crippen molar-refractivity contribution in [2.75, 3.05) is 5.73 Å². The summed E-state index contributed by atoms with van der Waals surface area (Å²) < 4.78 is 3.02. The third kappa shape index (κ3) is 1.83. The van der Waals surface area contributed by atoms with E-state index in [-0.39, 0.29) is 0 Å². The lowest BCUT2D eigenvalue weighted by molar-refractivity contribution is 0.682. The number of benzene rings is 1. The van der Waals surface area contributed by atoms with Crippen molar-refractivity contribution in [1.29, 1.82) is 0 Å². The van der Waals surface area contributed by atoms with E-state index >= 15 is 0 Å². The summed E-state index contributed by atoms with van der Waals surface area (Å²) in [5.74, 6) is 1.18. The predicted octanol–water partition coefficient (Wildman–Crippen LogP) is 3.03. The van der Waals surface area contributed by atoms with E-state index in [1.807, 2.05) is 22.9 Å². The number of fused-ring (bicyclic) bond motifs is 1. The standard InChI is InChI=1S/C14H14BrN5/c15-10-4-2-1-3-9(10)7-20-14-11(13(16)17-18-14)12(19-20)8-5-6-8/h1-4,8H,5-7H2,(H3,16,17,18). The molecule has 1 aliphatic carbocycles. The Morgan fingerprint density at radius 2 is 2.15 bits per heavy atom. The van der Waals surface area contributed by atoms with Crippen molar-refractivity contribution in [1.82, 2.24) is 20.0 Å². The van der Waals surface area contributed by atoms with Gasteiger partial charge in [-0.3, -0.25) is 5.10 Å². The number of hydrogen-bond acceptors (Lipinski definition) is 3. The van der Waals surface area contributed by atoms with E-state index in [0.29, 0.717) is 18.3 Å². The molecule has 4 rings (SSSR count). The highest BCUT2D eigenvalue weighted by atomic mass is 79.9. The van der Waals surface area contributed by atoms with Crippen LogP contribution in [0.15, 0.2) is 28.7 Å². The zero-order valence-electron chi connectivity index (χ0n) is 10.8. The molecule has 3 aromatic rings. The summed E-state index contributed by atoms with van der Waals surface area (Å²) in [6, 6.07) is 8.16. The number of nitrogens with zero attached hydrogens (tertiary/aromatic N) is 3. The Balaban J connectivity index is 1.82. The third-order valence-corrected chi connectivity index (χ3v) is 4.52. The molecular weight excluding hydrogens is 318 g/mol. The summed E-state index contributed by atoms with van der Waals surface area (Å²) in [6.45, 7) is 0.689. The van der Waals surface area contributed by atoms with Gasteiger partial charge in [-0.1, -0.05) is 34.1 Å². The maximum atomic E-state index is 6.00. The van der Waals surface area contributed by atoms with E-state index in [1.165, 1.54) is 18.4 Å². The topological polar surface area (TPSA) is 72.5 Å². The van der Waals surface area contributed by atoms with Crippen molar-refractivity contribution in [3.63, 3.8) is 0 Å². The smallest absolute Gasteiger partial charge is 0.182 e. The fourth-order valence-electron chi connectivity index (χ4n) is 2.55. The molecule has 20 heavy (non-hydrogen) atoms. The molecule has 5 nitrogen and oxygen atoms in total. The highest BCUT2D eigenvalue weighted by molar-refractivity contribution is 9.10. The largest absolute Gasteiger partial charge is 0.383 e. The maximum absolute atomic E-state index is 6.00. The Kier molecular flexibility index (Phi) is 2.60. The van der Waals surface area contributed by atoms with Gasteiger partial charge in [-0.25, -0.2) is 4.68 Å². The fraction of sp³-hybridized carbons (Fsp3) is 0.286. The van der Waals surface area contributed by atoms with Crippen LogP contribution in [0.4, 0.5) is 5.82 Å². The second-order valence-electron chi connectivity index (χ2n) is 5.24. The Labute approximate surface area is 124 Å². The molecule has 0 radical (unpaired) electrons. The Hall–Kier alpha value is -1.82. The summed E-state index contributed by atoms with van der Waals surface area (Å²) in [4.78, 5) is 0. The molecule has 0 aliphatic heterocycles. The van der Waals surface area contributed by atoms with E-state index in [9.17, 15) is 0 Å². The number of anilines is 1. The molecule has 0 amide bonds. The second kappa shape index (κ2) is 4.34. The van der Waals surface area contributed by atoms with Gasteiger partial charge in [0.2, 0.25) is 0 Å². The maximum Gasteiger partial charge on any atom is 0.182 e. The lowest BCUT2D eigenvalue weighted by Crippen LogP contribution is -2.03. The zero-order chi connectivity index (χ0) is 13.7. The normalized spacial score (nSPS) is 15.1. The van der Waals surface area contributed by atoms with Crippen LogP contribution in [-0.2, 0) is 6.54 Å². The van der Waals surface area contributed by atoms with Crippen LogP contribution >= 0.6 is 15.9 Å². The number of hydrogen-bond donors (Lipinski definition) is 2. The molecular formula is C14H14BrN5. The van der Waals surface area contributed by atoms with E-state index < -0.39 is 0 Å². The molecule has 2 heterocycles. The van der Waals surface area contributed by atoms with Gasteiger partial charge in [0.15, 0.2) is 5.65 Å². The molecule has 0 spiro atoms. The van der Waals surface area contributed by atoms with Gasteiger partial charge in [-0.05, 0) is 24.5 Å². The van der Waals surface area contributed by atoms with E-state index in [4.69, 9.17) is 10.8 Å². The first-order valence-electron chi connectivity index (χ1n) is 6.67. The molecule has 0 unspecified atom stereocenters. The van der Waals surface area contributed by atoms with Crippen LogP contribution in [0.25, 0.3) is 11.0 Å². The molecule has 0 atom stereocenters. The van der Waals surface area contributed by atoms with Crippen LogP contribution < -0.4 is 5.73 Å². The minimum atomic E-state index is 0.554. The lowest BCUT2D eigenvalue weighted by atomic mass is 10.2. The van der Waals surface area contributed by atoms with E-state index in [1.54, 1.807) is 0 Å². The number of rotatable bonds is 3. The van der Waals surface area contributed by atoms with Crippen LogP contribution in [0.5, 0.6) is 0 Å². The summed E-state index contributed by atoms with van der Waals surface area (Å²) in [5, 5.41) is 12.9. The summed E-state index contributed by atoms with van der Waals surface area (Å²) >= 11 is 3.58. The summed E-state index contributed by atoms with van der Waals surface area (Å²) in [6.07, 6.45) is 2.40. The average molecular weight is 332 g/mol. The first-order chi connectivity index (χ1) is 9.74. The quantitative estimate of drug-likeness (QED) is 0.774. The highest BCUT2D eigenvalue weighted by Crippen LogP contribution is 2.43. The van der Waals surface area contributed by atoms with E-state index in [2.05, 4.69) is 32.2 Å². The van der Waals surface area contributed by atoms with Crippen LogP contribution in [0.3, 0.4) is 0 Å². The van der Waals surface area contributed by atoms with Gasteiger partial charge < -0.3 is 5.73 Å². The molecule has 0 bridgehead atoms. The van der Waals surface area contributed by atoms with Crippen LogP contribution in [0.2, 0.25) is 0 Å². The van der Waals surface area contributed by atoms with Crippen molar-refractivity contribution in [3.05, 3.63) is 40.0 Å². The second-order valence-corrected chi connectivity index (χ2v) is 6.10. The van der Waals surface area contributed by atoms with Crippen molar-refractivity contribution < 1.29 is 0 Å². The van der Waals surface area contributed by atoms with Crippen LogP contribution in [0, 0.1) is 0 Å². The predicted molar refractivity (Wildman–Crippen MR) is 81.5 cm³/mol. The fourth-order valence-corrected chi connectivity index (χ4v) is 2.96. The van der Waals surface area contributed by atoms with Gasteiger partial charge in [0.1, 0.15) is 5.82 Å². The minimum absolute atomic E-state index is 0.554. The van der Waals surface area contributed by atoms with E-state index in [0.717, 1.165) is 21.2 Å². The average Bonchev–Trinajstić information content (AvgIpc) is 3.12. The molecule has 0 saturated heterocycles. The van der Waals surface area contributed by atoms with Gasteiger partial charge in [0.25, 0.3) is 0 Å². The number of nitrogen functional groups attached to an aromatic ring is 1. The van der Waals surface area contributed by atoms with Crippen molar-refractivity contribution in [3.8, 4) is 0 Å². The van der Waals surface area contributed by atoms with Gasteiger partial charge in [0, 0.05) is 10.4 Å². The van der Waals surface area contributed by atoms with Crippen LogP contribution in [0.1, 0.15) is 30.0 Å². The number of nitrogens with two attached hydrogens (primary N) is 1. The third-order valence-electron chi connectivity index (χ3n) is 3.75. The molecule has 3 N–H and O–H groups in total. The minimum Gasteiger partial charge on any atom is -0.383 e. The molecule has 1 aromatic carbocycles. The molecule has 102 valence electrons. The molecule has 1 fully saturated rings. The van der Waals surface area contributed by atoms with Crippen molar-refractivity contribution in [2.24, 2.45) is 0 Å². The molecule has 6 heteroatoms. The number of H-pyrrole nitrogens is 1. The lowest BCUT2D eigenvalue weighted by Gasteiger charge is -2.04. The number of nitrogens with one attached hydrogen (secondary N) is 1. The monoisotopic (exact) mass is 331 g/mol. The Morgan fingerprint density at radius 1 is 1.35 bits per heavy atom. The first-order valence-corrected chi connectivity index (χ1v) is 7.47. The number of halogens is 1. The zero-order valence-corrected chi connectivity index (χ0v) is 12.4. The summed E-state index contributed by atoms with van der Waals surface area (Å²) in [7, 11) is 0. The molecule has 1 aliphatic rings. The SMILES string of the molecule is Nc1[nH]nc2c1c(C1CC1)nn2Cc1ccccc1Br.